The SMILES string of the molecule is Cn1c(=O)[nH]c(=O)c2c1ncn2CCc1ccccc1. The van der Waals surface area contributed by atoms with Gasteiger partial charge in [-0.15, -0.1) is 0 Å². The molecule has 0 saturated heterocycles. The van der Waals surface area contributed by atoms with E-state index in [1.54, 1.807) is 17.9 Å². The summed E-state index contributed by atoms with van der Waals surface area (Å²) in [5.74, 6) is 0. The fraction of sp³-hybridized carbons (Fsp3) is 0.214. The molecule has 0 atom stereocenters. The number of aromatic nitrogens is 4. The molecule has 0 aliphatic heterocycles. The number of nitrogens with zero attached hydrogens (tertiary/aromatic N) is 3. The Labute approximate surface area is 114 Å². The van der Waals surface area contributed by atoms with Crippen LogP contribution in [0.4, 0.5) is 0 Å². The molecule has 0 amide bonds. The molecule has 3 aromatic rings. The number of fused-ring (bicyclic) bond motifs is 1. The Bertz CT molecular complexity index is 858. The Morgan fingerprint density at radius 1 is 1.20 bits per heavy atom. The molecule has 6 heteroatoms. The Morgan fingerprint density at radius 2 is 1.95 bits per heavy atom. The molecule has 102 valence electrons. The second-order valence-electron chi connectivity index (χ2n) is 4.66. The first-order valence-electron chi connectivity index (χ1n) is 6.35. The summed E-state index contributed by atoms with van der Waals surface area (Å²) in [6.07, 6.45) is 2.40. The summed E-state index contributed by atoms with van der Waals surface area (Å²) in [6.45, 7) is 0.641. The number of aryl methyl sites for hydroxylation is 3. The maximum absolute atomic E-state index is 11.9. The van der Waals surface area contributed by atoms with Crippen LogP contribution in [0.2, 0.25) is 0 Å². The number of benzene rings is 1. The summed E-state index contributed by atoms with van der Waals surface area (Å²) < 4.78 is 3.12. The smallest absolute Gasteiger partial charge is 0.324 e. The van der Waals surface area contributed by atoms with Crippen molar-refractivity contribution >= 4 is 11.2 Å². The molecule has 0 aliphatic carbocycles. The number of imidazole rings is 1. The highest BCUT2D eigenvalue weighted by molar-refractivity contribution is 5.69. The first-order chi connectivity index (χ1) is 9.66. The second-order valence-corrected chi connectivity index (χ2v) is 4.66. The van der Waals surface area contributed by atoms with Gasteiger partial charge in [-0.1, -0.05) is 30.3 Å². The van der Waals surface area contributed by atoms with Crippen LogP contribution in [0, 0.1) is 0 Å². The lowest BCUT2D eigenvalue weighted by Gasteiger charge is -2.04. The molecule has 2 aromatic heterocycles. The van der Waals surface area contributed by atoms with Crippen molar-refractivity contribution in [2.24, 2.45) is 7.05 Å². The third-order valence-corrected chi connectivity index (χ3v) is 3.36. The predicted octanol–water partition coefficient (Wildman–Crippen LogP) is 0.666. The Morgan fingerprint density at radius 3 is 2.70 bits per heavy atom. The van der Waals surface area contributed by atoms with Crippen LogP contribution in [0.25, 0.3) is 11.2 Å². The van der Waals surface area contributed by atoms with Gasteiger partial charge in [0.15, 0.2) is 11.2 Å². The van der Waals surface area contributed by atoms with E-state index in [2.05, 4.69) is 9.97 Å². The summed E-state index contributed by atoms with van der Waals surface area (Å²) >= 11 is 0. The number of rotatable bonds is 3. The summed E-state index contributed by atoms with van der Waals surface area (Å²) in [5.41, 5.74) is 1.19. The minimum Gasteiger partial charge on any atom is -0.324 e. The van der Waals surface area contributed by atoms with E-state index >= 15 is 0 Å². The Hall–Kier alpha value is -2.63. The molecular weight excluding hydrogens is 256 g/mol. The molecule has 0 radical (unpaired) electrons. The molecule has 1 N–H and O–H groups in total. The highest BCUT2D eigenvalue weighted by Crippen LogP contribution is 2.07. The van der Waals surface area contributed by atoms with Crippen LogP contribution >= 0.6 is 0 Å². The van der Waals surface area contributed by atoms with Crippen molar-refractivity contribution in [3.63, 3.8) is 0 Å². The lowest BCUT2D eigenvalue weighted by molar-refractivity contribution is 0.711. The summed E-state index contributed by atoms with van der Waals surface area (Å²) in [4.78, 5) is 29.9. The molecule has 0 aliphatic rings. The molecule has 0 bridgehead atoms. The largest absolute Gasteiger partial charge is 0.329 e. The van der Waals surface area contributed by atoms with Crippen LogP contribution in [0.3, 0.4) is 0 Å². The van der Waals surface area contributed by atoms with Crippen LogP contribution in [0.1, 0.15) is 5.56 Å². The van der Waals surface area contributed by atoms with E-state index in [1.165, 1.54) is 10.1 Å². The van der Waals surface area contributed by atoms with Gasteiger partial charge in [-0.2, -0.15) is 0 Å². The van der Waals surface area contributed by atoms with Gasteiger partial charge < -0.3 is 4.57 Å². The van der Waals surface area contributed by atoms with Crippen LogP contribution in [0.15, 0.2) is 46.2 Å². The summed E-state index contributed by atoms with van der Waals surface area (Å²) in [6, 6.07) is 10.0. The van der Waals surface area contributed by atoms with Crippen LogP contribution in [-0.4, -0.2) is 19.1 Å². The fourth-order valence-corrected chi connectivity index (χ4v) is 2.25. The van der Waals surface area contributed by atoms with Gasteiger partial charge in [-0.3, -0.25) is 14.3 Å². The van der Waals surface area contributed by atoms with E-state index < -0.39 is 11.2 Å². The zero-order valence-corrected chi connectivity index (χ0v) is 11.0. The molecule has 20 heavy (non-hydrogen) atoms. The number of aromatic amines is 1. The normalized spacial score (nSPS) is 11.1. The molecule has 0 unspecified atom stereocenters. The Balaban J connectivity index is 1.99. The molecule has 0 spiro atoms. The molecule has 2 heterocycles. The molecule has 1 aromatic carbocycles. The minimum absolute atomic E-state index is 0.395. The van der Waals surface area contributed by atoms with Crippen LogP contribution < -0.4 is 11.2 Å². The fourth-order valence-electron chi connectivity index (χ4n) is 2.25. The van der Waals surface area contributed by atoms with Crippen molar-refractivity contribution in [3.8, 4) is 0 Å². The quantitative estimate of drug-likeness (QED) is 0.760. The zero-order valence-electron chi connectivity index (χ0n) is 11.0. The number of hydrogen-bond acceptors (Lipinski definition) is 3. The van der Waals surface area contributed by atoms with Crippen molar-refractivity contribution < 1.29 is 0 Å². The van der Waals surface area contributed by atoms with E-state index in [-0.39, 0.29) is 0 Å². The third-order valence-electron chi connectivity index (χ3n) is 3.36. The van der Waals surface area contributed by atoms with E-state index in [0.717, 1.165) is 6.42 Å². The Kier molecular flexibility index (Phi) is 2.98. The first-order valence-corrected chi connectivity index (χ1v) is 6.35. The number of nitrogens with one attached hydrogen (secondary N) is 1. The van der Waals surface area contributed by atoms with Crippen molar-refractivity contribution in [2.75, 3.05) is 0 Å². The van der Waals surface area contributed by atoms with Gasteiger partial charge >= 0.3 is 5.69 Å². The van der Waals surface area contributed by atoms with Crippen molar-refractivity contribution in [1.29, 1.82) is 0 Å². The van der Waals surface area contributed by atoms with E-state index in [0.29, 0.717) is 17.7 Å². The average Bonchev–Trinajstić information content (AvgIpc) is 2.88. The van der Waals surface area contributed by atoms with E-state index in [1.807, 2.05) is 30.3 Å². The highest BCUT2D eigenvalue weighted by atomic mass is 16.2. The number of H-pyrrole nitrogens is 1. The summed E-state index contributed by atoms with van der Waals surface area (Å²) in [7, 11) is 1.59. The summed E-state index contributed by atoms with van der Waals surface area (Å²) in [5, 5.41) is 0. The highest BCUT2D eigenvalue weighted by Gasteiger charge is 2.11. The van der Waals surface area contributed by atoms with Crippen molar-refractivity contribution in [1.82, 2.24) is 19.1 Å². The van der Waals surface area contributed by atoms with Crippen molar-refractivity contribution in [3.05, 3.63) is 63.1 Å². The minimum atomic E-state index is -0.448. The van der Waals surface area contributed by atoms with E-state index in [4.69, 9.17) is 0 Å². The van der Waals surface area contributed by atoms with Gasteiger partial charge in [0.1, 0.15) is 0 Å². The standard InChI is InChI=1S/C14H14N4O2/c1-17-12-11(13(19)16-14(17)20)18(9-15-12)8-7-10-5-3-2-4-6-10/h2-6,9H,7-8H2,1H3,(H,16,19,20). The van der Waals surface area contributed by atoms with Gasteiger partial charge in [0, 0.05) is 13.6 Å². The van der Waals surface area contributed by atoms with Gasteiger partial charge in [0.2, 0.25) is 0 Å². The monoisotopic (exact) mass is 270 g/mol. The van der Waals surface area contributed by atoms with Gasteiger partial charge in [-0.05, 0) is 12.0 Å². The first kappa shape index (κ1) is 12.4. The predicted molar refractivity (Wildman–Crippen MR) is 75.7 cm³/mol. The molecule has 6 nitrogen and oxygen atoms in total. The molecule has 3 rings (SSSR count). The van der Waals surface area contributed by atoms with Gasteiger partial charge in [-0.25, -0.2) is 9.78 Å². The van der Waals surface area contributed by atoms with Crippen molar-refractivity contribution in [2.45, 2.75) is 13.0 Å². The van der Waals surface area contributed by atoms with Crippen LogP contribution in [0.5, 0.6) is 0 Å². The maximum atomic E-state index is 11.9. The topological polar surface area (TPSA) is 72.7 Å². The molecule has 0 fully saturated rings. The maximum Gasteiger partial charge on any atom is 0.329 e. The zero-order chi connectivity index (χ0) is 14.1. The second kappa shape index (κ2) is 4.80. The molecular formula is C14H14N4O2. The van der Waals surface area contributed by atoms with Crippen LogP contribution in [-0.2, 0) is 20.0 Å². The van der Waals surface area contributed by atoms with Gasteiger partial charge in [0.25, 0.3) is 5.56 Å². The number of hydrogen-bond donors (Lipinski definition) is 1. The third kappa shape index (κ3) is 2.05. The lowest BCUT2D eigenvalue weighted by atomic mass is 10.1. The molecule has 0 saturated carbocycles. The average molecular weight is 270 g/mol. The van der Waals surface area contributed by atoms with Gasteiger partial charge in [0.05, 0.1) is 6.33 Å². The van der Waals surface area contributed by atoms with E-state index in [9.17, 15) is 9.59 Å². The lowest BCUT2D eigenvalue weighted by Crippen LogP contribution is -2.29.